The predicted octanol–water partition coefficient (Wildman–Crippen LogP) is 0.0320. The molecular weight excluding hydrogens is 798 g/mol. The molecule has 0 saturated carbocycles. The van der Waals surface area contributed by atoms with Crippen LogP contribution in [0.1, 0.15) is 78.6 Å². The average molecular weight is 846 g/mol. The fourth-order valence-electron chi connectivity index (χ4n) is 6.42. The number of rotatable bonds is 17. The number of ketones is 3. The summed E-state index contributed by atoms with van der Waals surface area (Å²) in [6.45, 7) is 7.69. The summed E-state index contributed by atoms with van der Waals surface area (Å²) in [5.74, 6) is -8.70. The van der Waals surface area contributed by atoms with Crippen molar-refractivity contribution in [2.75, 3.05) is 13.2 Å². The first-order valence-electron chi connectivity index (χ1n) is 18.0. The van der Waals surface area contributed by atoms with Crippen LogP contribution < -0.4 is 10.1 Å². The minimum absolute atomic E-state index is 0.00134. The fraction of sp³-hybridized carbons (Fsp3) is 0.622. The van der Waals surface area contributed by atoms with Crippen LogP contribution in [0, 0.1) is 0 Å². The summed E-state index contributed by atoms with van der Waals surface area (Å²) in [6, 6.07) is 3.83. The Morgan fingerprint density at radius 3 is 1.88 bits per heavy atom. The van der Waals surface area contributed by atoms with Gasteiger partial charge in [-0.1, -0.05) is 24.9 Å². The quantitative estimate of drug-likeness (QED) is 0.0914. The Bertz CT molecular complexity index is 1750. The van der Waals surface area contributed by atoms with Gasteiger partial charge in [0.2, 0.25) is 5.60 Å². The summed E-state index contributed by atoms with van der Waals surface area (Å²) in [7, 11) is 0. The third kappa shape index (κ3) is 10.5. The van der Waals surface area contributed by atoms with Crippen molar-refractivity contribution in [2.45, 2.75) is 135 Å². The van der Waals surface area contributed by atoms with E-state index in [1.807, 2.05) is 6.92 Å². The van der Waals surface area contributed by atoms with Gasteiger partial charge in [-0.05, 0) is 45.4 Å². The number of aliphatic hydroxyl groups excluding tert-OH is 1. The standard InChI is InChI=1S/C37H48ClNO19/c1-9-10-13-51-25-12-11-23(14-24(25)38)33(48)39-35-37(50,18(4)42)36(49,17(3)41)32(29(57-35)27(47)16(2)40)58-34-31(55-22(8)46)30(54-21(7)45)28(53-20(6)44)26(56-34)15-52-19(5)43/h11-12,14,26-32,34-35,47,49-50H,9-10,13,15H2,1-8H3,(H,39,48)/t26-,27?,28-,29-,30+,31-,32-,34+,35-,36+,37+/m1/s1. The van der Waals surface area contributed by atoms with E-state index in [0.29, 0.717) is 20.0 Å². The van der Waals surface area contributed by atoms with Crippen LogP contribution in [-0.4, -0.2) is 142 Å². The first kappa shape index (κ1) is 47.8. The number of unbranched alkanes of at least 4 members (excludes halogenated alkanes) is 1. The molecule has 2 aliphatic heterocycles. The second-order valence-electron chi connectivity index (χ2n) is 13.6. The molecule has 1 unspecified atom stereocenters. The van der Waals surface area contributed by atoms with E-state index in [9.17, 15) is 53.7 Å². The van der Waals surface area contributed by atoms with E-state index in [2.05, 4.69) is 5.32 Å². The molecule has 21 heteroatoms. The maximum atomic E-state index is 13.7. The summed E-state index contributed by atoms with van der Waals surface area (Å²) in [4.78, 5) is 102. The molecule has 1 aromatic carbocycles. The van der Waals surface area contributed by atoms with Crippen LogP contribution in [0.2, 0.25) is 5.02 Å². The minimum Gasteiger partial charge on any atom is -0.492 e. The minimum atomic E-state index is -3.58. The van der Waals surface area contributed by atoms with Gasteiger partial charge < -0.3 is 58.5 Å². The molecule has 0 aromatic heterocycles. The summed E-state index contributed by atoms with van der Waals surface area (Å²) < 4.78 is 44.5. The molecule has 2 fully saturated rings. The number of esters is 4. The molecule has 2 heterocycles. The van der Waals surface area contributed by atoms with Crippen molar-refractivity contribution in [3.63, 3.8) is 0 Å². The second-order valence-corrected chi connectivity index (χ2v) is 14.0. The molecule has 4 N–H and O–H groups in total. The molecule has 0 radical (unpaired) electrons. The Morgan fingerprint density at radius 1 is 0.810 bits per heavy atom. The summed E-state index contributed by atoms with van der Waals surface area (Å²) in [5.41, 5.74) is -7.27. The molecule has 1 amide bonds. The zero-order valence-electron chi connectivity index (χ0n) is 33.0. The molecule has 0 aliphatic carbocycles. The highest BCUT2D eigenvalue weighted by Gasteiger charge is 2.73. The average Bonchev–Trinajstić information content (AvgIpc) is 3.12. The highest BCUT2D eigenvalue weighted by Crippen LogP contribution is 2.44. The molecule has 58 heavy (non-hydrogen) atoms. The SMILES string of the molecule is CCCCOc1ccc(C(=O)N[C@@H]2O[C@H](C(O)C(C)=O)[C@@H](O[C@@H]3O[C@H](COC(C)=O)[C@@H](OC(C)=O)[C@H](OC(C)=O)[C@H]3OC(C)=O)[C@@](O)(C(C)=O)[C@]2(O)C(C)=O)cc1Cl. The van der Waals surface area contributed by atoms with Crippen molar-refractivity contribution < 1.29 is 91.6 Å². The van der Waals surface area contributed by atoms with Gasteiger partial charge in [-0.2, -0.15) is 0 Å². The number of hydrogen-bond acceptors (Lipinski definition) is 19. The maximum Gasteiger partial charge on any atom is 0.303 e. The zero-order chi connectivity index (χ0) is 43.9. The molecule has 20 nitrogen and oxygen atoms in total. The maximum absolute atomic E-state index is 13.7. The number of nitrogens with one attached hydrogen (secondary N) is 1. The van der Waals surface area contributed by atoms with Gasteiger partial charge in [0.15, 0.2) is 53.8 Å². The lowest BCUT2D eigenvalue weighted by Gasteiger charge is -2.56. The second kappa shape index (κ2) is 19.9. The monoisotopic (exact) mass is 845 g/mol. The van der Waals surface area contributed by atoms with Crippen molar-refractivity contribution in [3.05, 3.63) is 28.8 Å². The van der Waals surface area contributed by atoms with Gasteiger partial charge >= 0.3 is 23.9 Å². The van der Waals surface area contributed by atoms with Gasteiger partial charge in [0, 0.05) is 33.3 Å². The molecule has 2 saturated heterocycles. The van der Waals surface area contributed by atoms with Gasteiger partial charge in [0.1, 0.15) is 36.8 Å². The number of aliphatic hydroxyl groups is 3. The van der Waals surface area contributed by atoms with Gasteiger partial charge in [-0.25, -0.2) is 0 Å². The summed E-state index contributed by atoms with van der Waals surface area (Å²) >= 11 is 6.33. The van der Waals surface area contributed by atoms with Crippen molar-refractivity contribution in [3.8, 4) is 5.75 Å². The third-order valence-electron chi connectivity index (χ3n) is 9.21. The number of Topliss-reactive ketones (excluding diaryl/α,β-unsaturated/α-hetero) is 3. The fourth-order valence-corrected chi connectivity index (χ4v) is 6.65. The van der Waals surface area contributed by atoms with E-state index < -0.39 is 120 Å². The van der Waals surface area contributed by atoms with Crippen molar-refractivity contribution in [2.24, 2.45) is 0 Å². The van der Waals surface area contributed by atoms with Crippen LogP contribution in [0.5, 0.6) is 5.75 Å². The smallest absolute Gasteiger partial charge is 0.303 e. The first-order chi connectivity index (χ1) is 27.0. The largest absolute Gasteiger partial charge is 0.492 e. The molecule has 3 rings (SSSR count). The van der Waals surface area contributed by atoms with Gasteiger partial charge in [-0.3, -0.25) is 38.4 Å². The Balaban J connectivity index is 2.22. The Kier molecular flexibility index (Phi) is 16.4. The van der Waals surface area contributed by atoms with Crippen LogP contribution in [0.15, 0.2) is 18.2 Å². The number of carbonyl (C=O) groups is 8. The predicted molar refractivity (Wildman–Crippen MR) is 193 cm³/mol. The van der Waals surface area contributed by atoms with Crippen LogP contribution >= 0.6 is 11.6 Å². The normalized spacial score (nSPS) is 29.9. The Morgan fingerprint density at radius 2 is 1.38 bits per heavy atom. The van der Waals surface area contributed by atoms with Crippen molar-refractivity contribution in [1.82, 2.24) is 5.32 Å². The van der Waals surface area contributed by atoms with E-state index >= 15 is 0 Å². The molecule has 2 aliphatic rings. The Labute approximate surface area is 337 Å². The van der Waals surface area contributed by atoms with Crippen molar-refractivity contribution in [1.29, 1.82) is 0 Å². The van der Waals surface area contributed by atoms with Gasteiger partial charge in [-0.15, -0.1) is 0 Å². The summed E-state index contributed by atoms with van der Waals surface area (Å²) in [5, 5.41) is 38.1. The topological polar surface area (TPSA) is 283 Å². The van der Waals surface area contributed by atoms with Crippen LogP contribution in [0.25, 0.3) is 0 Å². The molecule has 322 valence electrons. The van der Waals surface area contributed by atoms with Gasteiger partial charge in [0.25, 0.3) is 5.91 Å². The zero-order valence-corrected chi connectivity index (χ0v) is 33.8. The number of amides is 1. The molecule has 0 spiro atoms. The number of ether oxygens (including phenoxy) is 8. The van der Waals surface area contributed by atoms with E-state index in [0.717, 1.165) is 48.0 Å². The van der Waals surface area contributed by atoms with Crippen LogP contribution in [-0.2, 0) is 66.7 Å². The number of carbonyl (C=O) groups excluding carboxylic acids is 8. The molecule has 1 aromatic rings. The number of halogens is 1. The lowest BCUT2D eigenvalue weighted by atomic mass is 9.68. The molecule has 0 bridgehead atoms. The van der Waals surface area contributed by atoms with Crippen LogP contribution in [0.4, 0.5) is 0 Å². The molecular formula is C37H48ClNO19. The van der Waals surface area contributed by atoms with E-state index in [4.69, 9.17) is 49.5 Å². The van der Waals surface area contributed by atoms with E-state index in [1.165, 1.54) is 18.2 Å². The highest BCUT2D eigenvalue weighted by atomic mass is 35.5. The lowest BCUT2D eigenvalue weighted by Crippen LogP contribution is -2.83. The van der Waals surface area contributed by atoms with E-state index in [-0.39, 0.29) is 16.3 Å². The number of hydrogen-bond donors (Lipinski definition) is 4. The van der Waals surface area contributed by atoms with Crippen LogP contribution in [0.3, 0.4) is 0 Å². The molecule has 11 atom stereocenters. The summed E-state index contributed by atoms with van der Waals surface area (Å²) in [6.07, 6.45) is -17.4. The van der Waals surface area contributed by atoms with Crippen molar-refractivity contribution >= 4 is 58.7 Å². The van der Waals surface area contributed by atoms with E-state index in [1.54, 1.807) is 0 Å². The Hall–Kier alpha value is -4.57. The lowest BCUT2D eigenvalue weighted by molar-refractivity contribution is -0.367. The first-order valence-corrected chi connectivity index (χ1v) is 18.4. The van der Waals surface area contributed by atoms with Gasteiger partial charge in [0.05, 0.1) is 11.6 Å². The third-order valence-corrected chi connectivity index (χ3v) is 9.50. The highest BCUT2D eigenvalue weighted by molar-refractivity contribution is 6.32. The number of benzene rings is 1.